The monoisotopic (exact) mass is 349 g/mol. The van der Waals surface area contributed by atoms with E-state index in [4.69, 9.17) is 4.74 Å². The molecule has 23 heavy (non-hydrogen) atoms. The smallest absolute Gasteiger partial charge is 0.305 e. The Labute approximate surface area is 187 Å². The van der Waals surface area contributed by atoms with E-state index < -0.39 is 0 Å². The molecule has 0 rings (SSSR count). The Balaban J connectivity index is 0. The van der Waals surface area contributed by atoms with Crippen LogP contribution in [0.5, 0.6) is 0 Å². The number of hydrogen-bond donors (Lipinski definition) is 0. The van der Waals surface area contributed by atoms with Gasteiger partial charge in [-0.1, -0.05) is 70.4 Å². The number of esters is 1. The molecule has 0 saturated carbocycles. The molecule has 0 atom stereocenters. The molecule has 3 heteroatoms. The van der Waals surface area contributed by atoms with Crippen molar-refractivity contribution in [2.24, 2.45) is 0 Å². The molecule has 131 valence electrons. The fourth-order valence-corrected chi connectivity index (χ4v) is 2.57. The third-order valence-corrected chi connectivity index (χ3v) is 3.95. The van der Waals surface area contributed by atoms with Gasteiger partial charge in [0.15, 0.2) is 0 Å². The van der Waals surface area contributed by atoms with Gasteiger partial charge >= 0.3 is 5.97 Å². The van der Waals surface area contributed by atoms with Crippen molar-refractivity contribution >= 4 is 57.4 Å². The van der Waals surface area contributed by atoms with Crippen LogP contribution in [0.3, 0.4) is 0 Å². The number of allylic oxidation sites excluding steroid dienone is 2. The summed E-state index contributed by atoms with van der Waals surface area (Å²) in [6.07, 6.45) is 22.0. The predicted octanol–water partition coefficient (Wildman–Crippen LogP) is 6.21. The first-order chi connectivity index (χ1) is 10.8. The topological polar surface area (TPSA) is 26.3 Å². The molecule has 0 amide bonds. The number of ether oxygens (including phenoxy) is 1. The van der Waals surface area contributed by atoms with Gasteiger partial charge in [-0.2, -0.15) is 0 Å². The Morgan fingerprint density at radius 2 is 1.22 bits per heavy atom. The zero-order valence-corrected chi connectivity index (χ0v) is 19.2. The van der Waals surface area contributed by atoms with Crippen LogP contribution in [0.2, 0.25) is 0 Å². The summed E-state index contributed by atoms with van der Waals surface area (Å²) >= 11 is 0. The Bertz CT molecular complexity index is 264. The van der Waals surface area contributed by atoms with E-state index in [0.717, 1.165) is 12.8 Å². The average Bonchev–Trinajstić information content (AvgIpc) is 2.51. The largest absolute Gasteiger partial charge is 0.466 e. The molecule has 0 N–H and O–H groups in total. The molecule has 0 heterocycles. The number of hydrogen-bond acceptors (Lipinski definition) is 2. The summed E-state index contributed by atoms with van der Waals surface area (Å²) in [6, 6.07) is 0. The maximum absolute atomic E-state index is 11.1. The summed E-state index contributed by atoms with van der Waals surface area (Å²) in [7, 11) is 0. The van der Waals surface area contributed by atoms with Crippen LogP contribution in [-0.4, -0.2) is 64.0 Å². The van der Waals surface area contributed by atoms with Crippen molar-refractivity contribution in [3.05, 3.63) is 12.2 Å². The molecule has 2 nitrogen and oxygen atoms in total. The van der Waals surface area contributed by atoms with Crippen LogP contribution in [0.15, 0.2) is 12.2 Å². The van der Waals surface area contributed by atoms with Gasteiger partial charge in [-0.15, -0.1) is 0 Å². The molecular formula is C20H38KO2. The fourth-order valence-electron chi connectivity index (χ4n) is 2.57. The average molecular weight is 350 g/mol. The van der Waals surface area contributed by atoms with Gasteiger partial charge in [0, 0.05) is 57.8 Å². The first kappa shape index (κ1) is 26.1. The summed E-state index contributed by atoms with van der Waals surface area (Å²) in [6.45, 7) is 4.63. The van der Waals surface area contributed by atoms with Crippen molar-refractivity contribution in [3.63, 3.8) is 0 Å². The molecule has 0 aromatic heterocycles. The first-order valence-electron chi connectivity index (χ1n) is 9.61. The molecular weight excluding hydrogens is 311 g/mol. The van der Waals surface area contributed by atoms with Crippen LogP contribution in [0.25, 0.3) is 0 Å². The third kappa shape index (κ3) is 22.8. The normalized spacial score (nSPS) is 10.7. The minimum Gasteiger partial charge on any atom is -0.466 e. The quantitative estimate of drug-likeness (QED) is 0.143. The minimum atomic E-state index is -0.0415. The number of carbonyl (C=O) groups excluding carboxylic acids is 1. The number of rotatable bonds is 16. The summed E-state index contributed by atoms with van der Waals surface area (Å²) < 4.78 is 4.91. The maximum atomic E-state index is 11.1. The van der Waals surface area contributed by atoms with Crippen LogP contribution in [0.1, 0.15) is 104 Å². The van der Waals surface area contributed by atoms with Gasteiger partial charge in [0.25, 0.3) is 0 Å². The zero-order valence-electron chi connectivity index (χ0n) is 16.1. The van der Waals surface area contributed by atoms with E-state index in [-0.39, 0.29) is 57.4 Å². The Morgan fingerprint density at radius 1 is 0.739 bits per heavy atom. The van der Waals surface area contributed by atoms with E-state index in [1.54, 1.807) is 0 Å². The molecule has 1 radical (unpaired) electrons. The van der Waals surface area contributed by atoms with E-state index in [2.05, 4.69) is 19.1 Å². The van der Waals surface area contributed by atoms with E-state index in [1.807, 2.05) is 6.92 Å². The Kier molecular flexibility index (Phi) is 25.9. The molecule has 0 spiro atoms. The standard InChI is InChI=1S/C20H38O2.K/c1-3-5-6-7-8-9-10-11-12-13-14-15-16-17-18-19-20(21)22-4-2;/h11-12H,3-10,13-19H2,1-2H3;/b12-11-;. The van der Waals surface area contributed by atoms with Crippen LogP contribution < -0.4 is 0 Å². The van der Waals surface area contributed by atoms with E-state index in [1.165, 1.54) is 70.6 Å². The predicted molar refractivity (Wildman–Crippen MR) is 102 cm³/mol. The molecule has 0 aliphatic carbocycles. The van der Waals surface area contributed by atoms with Gasteiger partial charge < -0.3 is 4.74 Å². The van der Waals surface area contributed by atoms with Crippen molar-refractivity contribution in [2.75, 3.05) is 6.61 Å². The molecule has 0 aromatic carbocycles. The second-order valence-electron chi connectivity index (χ2n) is 6.14. The molecule has 0 fully saturated rings. The molecule has 0 saturated heterocycles. The van der Waals surface area contributed by atoms with Gasteiger partial charge in [-0.3, -0.25) is 4.79 Å². The maximum Gasteiger partial charge on any atom is 0.305 e. The summed E-state index contributed by atoms with van der Waals surface area (Å²) in [4.78, 5) is 11.1. The minimum absolute atomic E-state index is 0. The van der Waals surface area contributed by atoms with Crippen molar-refractivity contribution in [3.8, 4) is 0 Å². The van der Waals surface area contributed by atoms with Gasteiger partial charge in [-0.05, 0) is 39.0 Å². The van der Waals surface area contributed by atoms with E-state index in [0.29, 0.717) is 13.0 Å². The Morgan fingerprint density at radius 3 is 1.74 bits per heavy atom. The van der Waals surface area contributed by atoms with Gasteiger partial charge in [0.1, 0.15) is 0 Å². The molecule has 0 unspecified atom stereocenters. The fraction of sp³-hybridized carbons (Fsp3) is 0.850. The van der Waals surface area contributed by atoms with Crippen LogP contribution >= 0.6 is 0 Å². The molecule has 0 bridgehead atoms. The summed E-state index contributed by atoms with van der Waals surface area (Å²) in [5, 5.41) is 0. The summed E-state index contributed by atoms with van der Waals surface area (Å²) in [5.74, 6) is -0.0415. The SMILES string of the molecule is CCCCCCCC/C=C\CCCCCCCC(=O)OCC.[K]. The first-order valence-corrected chi connectivity index (χ1v) is 9.61. The van der Waals surface area contributed by atoms with Crippen molar-refractivity contribution in [1.29, 1.82) is 0 Å². The van der Waals surface area contributed by atoms with E-state index in [9.17, 15) is 4.79 Å². The van der Waals surface area contributed by atoms with Gasteiger partial charge in [-0.25, -0.2) is 0 Å². The Hall–Kier alpha value is 0.846. The number of unbranched alkanes of at least 4 members (excludes halogenated alkanes) is 11. The van der Waals surface area contributed by atoms with Crippen molar-refractivity contribution in [1.82, 2.24) is 0 Å². The molecule has 0 aliphatic rings. The van der Waals surface area contributed by atoms with Crippen molar-refractivity contribution < 1.29 is 9.53 Å². The second kappa shape index (κ2) is 22.8. The van der Waals surface area contributed by atoms with E-state index >= 15 is 0 Å². The molecule has 0 aromatic rings. The summed E-state index contributed by atoms with van der Waals surface area (Å²) in [5.41, 5.74) is 0. The van der Waals surface area contributed by atoms with Crippen molar-refractivity contribution in [2.45, 2.75) is 104 Å². The van der Waals surface area contributed by atoms with Crippen LogP contribution in [0, 0.1) is 0 Å². The van der Waals surface area contributed by atoms with Gasteiger partial charge in [0.2, 0.25) is 0 Å². The zero-order chi connectivity index (χ0) is 16.3. The van der Waals surface area contributed by atoms with Crippen LogP contribution in [0.4, 0.5) is 0 Å². The molecule has 0 aliphatic heterocycles. The number of carbonyl (C=O) groups is 1. The van der Waals surface area contributed by atoms with Gasteiger partial charge in [0.05, 0.1) is 6.61 Å². The second-order valence-corrected chi connectivity index (χ2v) is 6.14. The third-order valence-electron chi connectivity index (χ3n) is 3.95. The van der Waals surface area contributed by atoms with Crippen LogP contribution in [-0.2, 0) is 9.53 Å².